The van der Waals surface area contributed by atoms with Crippen LogP contribution in [0.2, 0.25) is 0 Å². The fourth-order valence-electron chi connectivity index (χ4n) is 4.74. The van der Waals surface area contributed by atoms with Gasteiger partial charge >= 0.3 is 0 Å². The molecule has 1 fully saturated rings. The molecule has 0 unspecified atom stereocenters. The second-order valence-electron chi connectivity index (χ2n) is 9.56. The highest BCUT2D eigenvalue weighted by molar-refractivity contribution is 7.92. The number of methoxy groups -OCH3 is 2. The highest BCUT2D eigenvalue weighted by Crippen LogP contribution is 2.40. The number of thiazole rings is 1. The normalized spacial score (nSPS) is 14.2. The van der Waals surface area contributed by atoms with Crippen LogP contribution in [-0.2, 0) is 10.0 Å². The van der Waals surface area contributed by atoms with Gasteiger partial charge in [-0.25, -0.2) is 13.4 Å². The molecule has 0 bridgehead atoms. The van der Waals surface area contributed by atoms with Crippen LogP contribution >= 0.6 is 11.3 Å². The molecule has 0 atom stereocenters. The minimum absolute atomic E-state index is 0.129. The molecule has 2 heterocycles. The van der Waals surface area contributed by atoms with Crippen molar-refractivity contribution in [3.8, 4) is 11.5 Å². The lowest BCUT2D eigenvalue weighted by molar-refractivity contribution is 0.0947. The van der Waals surface area contributed by atoms with Crippen LogP contribution in [0.25, 0.3) is 10.2 Å². The third-order valence-corrected chi connectivity index (χ3v) is 10.0. The van der Waals surface area contributed by atoms with Crippen molar-refractivity contribution >= 4 is 48.3 Å². The molecule has 1 aromatic heterocycles. The van der Waals surface area contributed by atoms with Gasteiger partial charge in [0.1, 0.15) is 5.52 Å². The number of hydrogen-bond acceptors (Lipinski definition) is 9. The Bertz CT molecular complexity index is 1600. The number of nitrogens with one attached hydrogen (secondary N) is 1. The number of ether oxygens (including phenoxy) is 2. The molecule has 0 aliphatic carbocycles. The molecule has 10 nitrogen and oxygen atoms in total. The largest absolute Gasteiger partial charge is 0.493 e. The van der Waals surface area contributed by atoms with Crippen molar-refractivity contribution < 1.29 is 22.7 Å². The van der Waals surface area contributed by atoms with Crippen molar-refractivity contribution in [1.29, 1.82) is 0 Å². The second kappa shape index (κ2) is 12.3. The lowest BCUT2D eigenvalue weighted by Gasteiger charge is -2.34. The van der Waals surface area contributed by atoms with E-state index in [0.717, 1.165) is 48.1 Å². The Morgan fingerprint density at radius 2 is 1.68 bits per heavy atom. The van der Waals surface area contributed by atoms with Crippen molar-refractivity contribution in [3.05, 3.63) is 72.3 Å². The lowest BCUT2D eigenvalue weighted by Crippen LogP contribution is -2.48. The Morgan fingerprint density at radius 1 is 0.976 bits per heavy atom. The summed E-state index contributed by atoms with van der Waals surface area (Å²) in [6.45, 7) is 4.59. The fraction of sp³-hybridized carbons (Fsp3) is 0.310. The molecule has 1 saturated heterocycles. The number of amides is 1. The Balaban J connectivity index is 1.11. The van der Waals surface area contributed by atoms with E-state index in [4.69, 9.17) is 14.5 Å². The average molecular weight is 596 g/mol. The molecular weight excluding hydrogens is 562 g/mol. The first kappa shape index (κ1) is 28.7. The summed E-state index contributed by atoms with van der Waals surface area (Å²) in [6.07, 6.45) is 0. The molecule has 12 heteroatoms. The van der Waals surface area contributed by atoms with E-state index < -0.39 is 10.0 Å². The van der Waals surface area contributed by atoms with Gasteiger partial charge in [-0.1, -0.05) is 29.5 Å². The van der Waals surface area contributed by atoms with E-state index in [1.807, 2.05) is 18.2 Å². The molecule has 5 rings (SSSR count). The van der Waals surface area contributed by atoms with Crippen molar-refractivity contribution in [1.82, 2.24) is 15.2 Å². The van der Waals surface area contributed by atoms with Crippen molar-refractivity contribution in [3.63, 3.8) is 0 Å². The van der Waals surface area contributed by atoms with Crippen LogP contribution in [0.1, 0.15) is 10.4 Å². The number of para-hydroxylation sites is 1. The predicted molar refractivity (Wildman–Crippen MR) is 162 cm³/mol. The number of hydrogen-bond donors (Lipinski definition) is 1. The van der Waals surface area contributed by atoms with Crippen LogP contribution in [-0.4, -0.2) is 84.7 Å². The summed E-state index contributed by atoms with van der Waals surface area (Å²) >= 11 is 1.64. The van der Waals surface area contributed by atoms with Gasteiger partial charge in [-0.2, -0.15) is 0 Å². The van der Waals surface area contributed by atoms with E-state index >= 15 is 0 Å². The lowest BCUT2D eigenvalue weighted by atomic mass is 10.2. The summed E-state index contributed by atoms with van der Waals surface area (Å²) in [6, 6.07) is 18.8. The molecule has 1 amide bonds. The van der Waals surface area contributed by atoms with E-state index in [-0.39, 0.29) is 10.8 Å². The van der Waals surface area contributed by atoms with Gasteiger partial charge in [0.15, 0.2) is 16.6 Å². The molecule has 4 aromatic rings. The molecule has 0 spiro atoms. The van der Waals surface area contributed by atoms with Crippen molar-refractivity contribution in [2.75, 3.05) is 69.7 Å². The maximum Gasteiger partial charge on any atom is 0.264 e. The van der Waals surface area contributed by atoms with Gasteiger partial charge in [0.2, 0.25) is 0 Å². The molecule has 0 radical (unpaired) electrons. The zero-order chi connectivity index (χ0) is 29.0. The zero-order valence-corrected chi connectivity index (χ0v) is 24.9. The number of aromatic nitrogens is 1. The van der Waals surface area contributed by atoms with Crippen LogP contribution < -0.4 is 24.0 Å². The molecular formula is C29H33N5O5S2. The SMILES string of the molecule is COc1ccc2sc(N3CCN(CCNC(=O)c4ccc(S(=O)(=O)N(C)c5ccccc5)cc4)CC3)nc2c1OC. The average Bonchev–Trinajstić information content (AvgIpc) is 3.45. The van der Waals surface area contributed by atoms with E-state index in [1.165, 1.54) is 23.5 Å². The van der Waals surface area contributed by atoms with Gasteiger partial charge in [-0.15, -0.1) is 0 Å². The molecule has 216 valence electrons. The van der Waals surface area contributed by atoms with Crippen LogP contribution in [0.4, 0.5) is 10.8 Å². The highest BCUT2D eigenvalue weighted by atomic mass is 32.2. The molecule has 41 heavy (non-hydrogen) atoms. The Hall–Kier alpha value is -3.87. The van der Waals surface area contributed by atoms with E-state index in [1.54, 1.807) is 62.0 Å². The summed E-state index contributed by atoms with van der Waals surface area (Å²) in [5, 5.41) is 3.91. The summed E-state index contributed by atoms with van der Waals surface area (Å²) in [4.78, 5) is 22.2. The number of fused-ring (bicyclic) bond motifs is 1. The van der Waals surface area contributed by atoms with Gasteiger partial charge in [0.05, 0.1) is 29.5 Å². The van der Waals surface area contributed by atoms with Gasteiger partial charge < -0.3 is 19.7 Å². The Kier molecular flexibility index (Phi) is 8.62. The minimum Gasteiger partial charge on any atom is -0.493 e. The highest BCUT2D eigenvalue weighted by Gasteiger charge is 2.23. The number of anilines is 2. The number of benzene rings is 3. The Morgan fingerprint density at radius 3 is 2.34 bits per heavy atom. The van der Waals surface area contributed by atoms with Gasteiger partial charge in [0.25, 0.3) is 15.9 Å². The summed E-state index contributed by atoms with van der Waals surface area (Å²) in [5.41, 5.74) is 1.79. The smallest absolute Gasteiger partial charge is 0.264 e. The van der Waals surface area contributed by atoms with Gasteiger partial charge in [-0.3, -0.25) is 14.0 Å². The zero-order valence-electron chi connectivity index (χ0n) is 23.2. The number of sulfonamides is 1. The van der Waals surface area contributed by atoms with E-state index in [0.29, 0.717) is 29.3 Å². The van der Waals surface area contributed by atoms with Crippen LogP contribution in [0.5, 0.6) is 11.5 Å². The number of piperazine rings is 1. The molecule has 1 N–H and O–H groups in total. The van der Waals surface area contributed by atoms with Crippen LogP contribution in [0.15, 0.2) is 71.6 Å². The van der Waals surface area contributed by atoms with Crippen LogP contribution in [0.3, 0.4) is 0 Å². The predicted octanol–water partition coefficient (Wildman–Crippen LogP) is 3.69. The number of rotatable bonds is 10. The maximum atomic E-state index is 13.0. The number of nitrogens with zero attached hydrogens (tertiary/aromatic N) is 4. The first-order valence-corrected chi connectivity index (χ1v) is 15.5. The van der Waals surface area contributed by atoms with Crippen LogP contribution in [0, 0.1) is 0 Å². The van der Waals surface area contributed by atoms with Crippen molar-refractivity contribution in [2.45, 2.75) is 4.90 Å². The molecule has 1 aliphatic heterocycles. The van der Waals surface area contributed by atoms with E-state index in [9.17, 15) is 13.2 Å². The van der Waals surface area contributed by atoms with Crippen molar-refractivity contribution in [2.24, 2.45) is 0 Å². The first-order chi connectivity index (χ1) is 19.8. The fourth-order valence-corrected chi connectivity index (χ4v) is 6.95. The van der Waals surface area contributed by atoms with Gasteiger partial charge in [-0.05, 0) is 48.5 Å². The third-order valence-electron chi connectivity index (χ3n) is 7.14. The monoisotopic (exact) mass is 595 g/mol. The third kappa shape index (κ3) is 6.09. The quantitative estimate of drug-likeness (QED) is 0.296. The maximum absolute atomic E-state index is 13.0. The summed E-state index contributed by atoms with van der Waals surface area (Å²) < 4.78 is 39.2. The summed E-state index contributed by atoms with van der Waals surface area (Å²) in [5.74, 6) is 1.08. The standard InChI is InChI=1S/C29H33N5O5S2/c1-32(22-7-5-4-6-8-22)41(36,37)23-11-9-21(10-12-23)28(35)30-15-16-33-17-19-34(20-18-33)29-31-26-25(40-29)14-13-24(38-2)27(26)39-3/h4-14H,15-20H2,1-3H3,(H,30,35). The molecule has 0 saturated carbocycles. The number of carbonyl (C=O) groups is 1. The first-order valence-electron chi connectivity index (χ1n) is 13.2. The topological polar surface area (TPSA) is 104 Å². The second-order valence-corrected chi connectivity index (χ2v) is 12.5. The van der Waals surface area contributed by atoms with Gasteiger partial charge in [0, 0.05) is 51.9 Å². The molecule has 1 aliphatic rings. The Labute approximate surface area is 244 Å². The number of carbonyl (C=O) groups excluding carboxylic acids is 1. The minimum atomic E-state index is -3.73. The van der Waals surface area contributed by atoms with E-state index in [2.05, 4.69) is 15.1 Å². The summed E-state index contributed by atoms with van der Waals surface area (Å²) in [7, 11) is 1.03. The molecule has 3 aromatic carbocycles.